The highest BCUT2D eigenvalue weighted by Gasteiger charge is 2.29. The zero-order valence-electron chi connectivity index (χ0n) is 13.0. The largest absolute Gasteiger partial charge is 0.382 e. The maximum atomic E-state index is 12.1. The Bertz CT molecular complexity index is 435. The molecule has 4 heteroatoms. The molecule has 1 heterocycles. The molecular weight excluding hydrogens is 266 g/mol. The highest BCUT2D eigenvalue weighted by Crippen LogP contribution is 2.32. The molecule has 2 rings (SSSR count). The molecule has 1 fully saturated rings. The van der Waals surface area contributed by atoms with Crippen molar-refractivity contribution in [1.82, 2.24) is 4.90 Å². The number of likely N-dealkylation sites (tertiary alicyclic amines) is 1. The monoisotopic (exact) mass is 291 g/mol. The number of carbonyl (C=O) groups is 1. The third-order valence-electron chi connectivity index (χ3n) is 4.14. The van der Waals surface area contributed by atoms with Crippen LogP contribution in [-0.2, 0) is 14.3 Å². The van der Waals surface area contributed by atoms with Crippen molar-refractivity contribution in [1.29, 1.82) is 0 Å². The molecule has 0 N–H and O–H groups in total. The van der Waals surface area contributed by atoms with Gasteiger partial charge in [0.05, 0.1) is 13.2 Å². The van der Waals surface area contributed by atoms with Crippen LogP contribution >= 0.6 is 0 Å². The number of amides is 1. The van der Waals surface area contributed by atoms with E-state index in [1.165, 1.54) is 5.56 Å². The second-order valence-electron chi connectivity index (χ2n) is 5.67. The molecule has 0 radical (unpaired) electrons. The summed E-state index contributed by atoms with van der Waals surface area (Å²) < 4.78 is 10.2. The lowest BCUT2D eigenvalue weighted by Crippen LogP contribution is -2.43. The number of carbonyl (C=O) groups excluding carboxylic acids is 1. The topological polar surface area (TPSA) is 38.8 Å². The first-order valence-electron chi connectivity index (χ1n) is 7.61. The Kier molecular flexibility index (Phi) is 6.21. The number of nitrogens with zero attached hydrogens (tertiary/aromatic N) is 1. The molecule has 1 aliphatic rings. The summed E-state index contributed by atoms with van der Waals surface area (Å²) in [5, 5.41) is 0. The number of hydrogen-bond donors (Lipinski definition) is 0. The minimum Gasteiger partial charge on any atom is -0.382 e. The third-order valence-corrected chi connectivity index (χ3v) is 4.14. The molecule has 116 valence electrons. The van der Waals surface area contributed by atoms with Crippen molar-refractivity contribution in [2.45, 2.75) is 19.3 Å². The summed E-state index contributed by atoms with van der Waals surface area (Å²) in [4.78, 5) is 14.0. The highest BCUT2D eigenvalue weighted by atomic mass is 16.5. The van der Waals surface area contributed by atoms with Crippen molar-refractivity contribution in [3.63, 3.8) is 0 Å². The van der Waals surface area contributed by atoms with Gasteiger partial charge in [-0.15, -0.1) is 0 Å². The van der Waals surface area contributed by atoms with Gasteiger partial charge in [-0.25, -0.2) is 0 Å². The maximum Gasteiger partial charge on any atom is 0.248 e. The average molecular weight is 291 g/mol. The summed E-state index contributed by atoms with van der Waals surface area (Å²) >= 11 is 0. The fourth-order valence-corrected chi connectivity index (χ4v) is 2.96. The lowest BCUT2D eigenvalue weighted by atomic mass is 9.81. The van der Waals surface area contributed by atoms with Crippen LogP contribution in [0.1, 0.15) is 24.8 Å². The quantitative estimate of drug-likeness (QED) is 0.755. The minimum atomic E-state index is 0.0875. The summed E-state index contributed by atoms with van der Waals surface area (Å²) in [6.45, 7) is 5.01. The predicted molar refractivity (Wildman–Crippen MR) is 82.2 cm³/mol. The Morgan fingerprint density at radius 3 is 2.71 bits per heavy atom. The van der Waals surface area contributed by atoms with E-state index in [-0.39, 0.29) is 12.5 Å². The van der Waals surface area contributed by atoms with Gasteiger partial charge in [-0.3, -0.25) is 4.79 Å². The van der Waals surface area contributed by atoms with E-state index in [1.54, 1.807) is 7.11 Å². The van der Waals surface area contributed by atoms with Gasteiger partial charge in [-0.05, 0) is 23.8 Å². The smallest absolute Gasteiger partial charge is 0.248 e. The molecule has 0 aromatic heterocycles. The molecule has 4 nitrogen and oxygen atoms in total. The molecule has 21 heavy (non-hydrogen) atoms. The predicted octanol–water partition coefficient (Wildman–Crippen LogP) is 2.30. The number of piperidine rings is 1. The normalized spacial score (nSPS) is 22.3. The lowest BCUT2D eigenvalue weighted by molar-refractivity contribution is -0.138. The summed E-state index contributed by atoms with van der Waals surface area (Å²) in [5.41, 5.74) is 1.38. The zero-order chi connectivity index (χ0) is 15.1. The van der Waals surface area contributed by atoms with Gasteiger partial charge in [-0.1, -0.05) is 37.3 Å². The van der Waals surface area contributed by atoms with Gasteiger partial charge in [0.2, 0.25) is 5.91 Å². The van der Waals surface area contributed by atoms with Crippen LogP contribution < -0.4 is 0 Å². The van der Waals surface area contributed by atoms with Crippen LogP contribution in [0, 0.1) is 5.92 Å². The minimum absolute atomic E-state index is 0.0875. The van der Waals surface area contributed by atoms with E-state index in [0.717, 1.165) is 19.5 Å². The van der Waals surface area contributed by atoms with Crippen LogP contribution in [0.4, 0.5) is 0 Å². The van der Waals surface area contributed by atoms with Gasteiger partial charge in [0, 0.05) is 20.2 Å². The number of rotatable bonds is 6. The van der Waals surface area contributed by atoms with Crippen molar-refractivity contribution in [2.75, 3.05) is 40.0 Å². The molecule has 0 saturated carbocycles. The third kappa shape index (κ3) is 4.55. The number of methoxy groups -OCH3 is 1. The van der Waals surface area contributed by atoms with E-state index in [4.69, 9.17) is 9.47 Å². The Balaban J connectivity index is 1.81. The highest BCUT2D eigenvalue weighted by molar-refractivity contribution is 5.77. The second kappa shape index (κ2) is 8.15. The SMILES string of the molecule is COCCOCC(=O)N1CC[C@@H](c2ccccc2)[C@H](C)C1. The molecule has 1 aromatic rings. The maximum absolute atomic E-state index is 12.1. The Labute approximate surface area is 127 Å². The van der Waals surface area contributed by atoms with Gasteiger partial charge >= 0.3 is 0 Å². The van der Waals surface area contributed by atoms with Crippen LogP contribution in [0.15, 0.2) is 30.3 Å². The second-order valence-corrected chi connectivity index (χ2v) is 5.67. The van der Waals surface area contributed by atoms with Gasteiger partial charge in [0.15, 0.2) is 0 Å². The van der Waals surface area contributed by atoms with E-state index < -0.39 is 0 Å². The van der Waals surface area contributed by atoms with Crippen LogP contribution in [0.3, 0.4) is 0 Å². The average Bonchev–Trinajstić information content (AvgIpc) is 2.52. The molecule has 0 spiro atoms. The van der Waals surface area contributed by atoms with Crippen LogP contribution in [0.25, 0.3) is 0 Å². The van der Waals surface area contributed by atoms with Crippen LogP contribution in [-0.4, -0.2) is 50.8 Å². The fourth-order valence-electron chi connectivity index (χ4n) is 2.96. The molecule has 1 amide bonds. The molecule has 1 aliphatic heterocycles. The van der Waals surface area contributed by atoms with E-state index in [2.05, 4.69) is 31.2 Å². The summed E-state index contributed by atoms with van der Waals surface area (Å²) in [6, 6.07) is 10.6. The summed E-state index contributed by atoms with van der Waals surface area (Å²) in [5.74, 6) is 1.11. The van der Waals surface area contributed by atoms with Crippen molar-refractivity contribution >= 4 is 5.91 Å². The molecule has 0 unspecified atom stereocenters. The Morgan fingerprint density at radius 1 is 1.29 bits per heavy atom. The van der Waals surface area contributed by atoms with E-state index >= 15 is 0 Å². The molecule has 2 atom stereocenters. The van der Waals surface area contributed by atoms with E-state index in [1.807, 2.05) is 11.0 Å². The fraction of sp³-hybridized carbons (Fsp3) is 0.588. The van der Waals surface area contributed by atoms with Gasteiger partial charge in [-0.2, -0.15) is 0 Å². The number of ether oxygens (including phenoxy) is 2. The first-order chi connectivity index (χ1) is 10.2. The van der Waals surface area contributed by atoms with E-state index in [0.29, 0.717) is 25.0 Å². The summed E-state index contributed by atoms with van der Waals surface area (Å²) in [6.07, 6.45) is 1.02. The molecule has 0 aliphatic carbocycles. The van der Waals surface area contributed by atoms with Gasteiger partial charge in [0.25, 0.3) is 0 Å². The van der Waals surface area contributed by atoms with Crippen LogP contribution in [0.2, 0.25) is 0 Å². The van der Waals surface area contributed by atoms with Gasteiger partial charge in [0.1, 0.15) is 6.61 Å². The Hall–Kier alpha value is -1.39. The van der Waals surface area contributed by atoms with Crippen molar-refractivity contribution in [2.24, 2.45) is 5.92 Å². The Morgan fingerprint density at radius 2 is 2.05 bits per heavy atom. The molecular formula is C17H25NO3. The van der Waals surface area contributed by atoms with Crippen molar-refractivity contribution in [3.05, 3.63) is 35.9 Å². The zero-order valence-corrected chi connectivity index (χ0v) is 13.0. The van der Waals surface area contributed by atoms with Crippen molar-refractivity contribution in [3.8, 4) is 0 Å². The van der Waals surface area contributed by atoms with Gasteiger partial charge < -0.3 is 14.4 Å². The lowest BCUT2D eigenvalue weighted by Gasteiger charge is -2.37. The van der Waals surface area contributed by atoms with Crippen LogP contribution in [0.5, 0.6) is 0 Å². The molecule has 1 saturated heterocycles. The first-order valence-corrected chi connectivity index (χ1v) is 7.61. The molecule has 0 bridgehead atoms. The standard InChI is InChI=1S/C17H25NO3/c1-14-12-18(17(19)13-21-11-10-20-2)9-8-16(14)15-6-4-3-5-7-15/h3-7,14,16H,8-13H2,1-2H3/t14-,16-/m1/s1. The summed E-state index contributed by atoms with van der Waals surface area (Å²) in [7, 11) is 1.63. The number of benzene rings is 1. The van der Waals surface area contributed by atoms with Crippen molar-refractivity contribution < 1.29 is 14.3 Å². The number of hydrogen-bond acceptors (Lipinski definition) is 3. The first kappa shape index (κ1) is 16.0. The molecule has 1 aromatic carbocycles. The van der Waals surface area contributed by atoms with E-state index in [9.17, 15) is 4.79 Å².